The number of hydrogen-bond donors (Lipinski definition) is 2. The first-order chi connectivity index (χ1) is 13.6. The van der Waals surface area contributed by atoms with Crippen LogP contribution in [0.5, 0.6) is 5.75 Å². The summed E-state index contributed by atoms with van der Waals surface area (Å²) in [5.41, 5.74) is 0.854. The summed E-state index contributed by atoms with van der Waals surface area (Å²) >= 11 is 0. The maximum absolute atomic E-state index is 11.7. The van der Waals surface area contributed by atoms with E-state index in [-0.39, 0.29) is 12.5 Å². The van der Waals surface area contributed by atoms with E-state index in [1.165, 1.54) is 6.92 Å². The lowest BCUT2D eigenvalue weighted by atomic mass is 9.95. The Morgan fingerprint density at radius 1 is 1.07 bits per heavy atom. The molecule has 0 radical (unpaired) electrons. The van der Waals surface area contributed by atoms with Crippen molar-refractivity contribution in [3.05, 3.63) is 66.2 Å². The van der Waals surface area contributed by atoms with E-state index >= 15 is 0 Å². The maximum Gasteiger partial charge on any atom is 0.223 e. The highest BCUT2D eigenvalue weighted by Crippen LogP contribution is 2.34. The van der Waals surface area contributed by atoms with Crippen molar-refractivity contribution >= 4 is 5.91 Å². The number of para-hydroxylation sites is 1. The highest BCUT2D eigenvalue weighted by atomic mass is 16.7. The van der Waals surface area contributed by atoms with Crippen LogP contribution in [0.1, 0.15) is 18.8 Å². The van der Waals surface area contributed by atoms with E-state index in [9.17, 15) is 9.90 Å². The van der Waals surface area contributed by atoms with Crippen LogP contribution in [0, 0.1) is 0 Å². The highest BCUT2D eigenvalue weighted by Gasteiger charge is 2.50. The molecule has 2 aliphatic rings. The predicted octanol–water partition coefficient (Wildman–Crippen LogP) is 1.77. The van der Waals surface area contributed by atoms with Crippen LogP contribution < -0.4 is 10.1 Å². The molecule has 2 heterocycles. The Kier molecular flexibility index (Phi) is 5.59. The number of benzene rings is 2. The van der Waals surface area contributed by atoms with Gasteiger partial charge in [-0.15, -0.1) is 0 Å². The molecule has 148 valence electrons. The quantitative estimate of drug-likeness (QED) is 0.834. The summed E-state index contributed by atoms with van der Waals surface area (Å²) < 4.78 is 23.7. The number of ether oxygens (including phenoxy) is 4. The molecule has 2 N–H and O–H groups in total. The van der Waals surface area contributed by atoms with Gasteiger partial charge in [0.2, 0.25) is 12.2 Å². The molecular formula is C21H23NO6. The van der Waals surface area contributed by atoms with Crippen LogP contribution in [0.25, 0.3) is 0 Å². The summed E-state index contributed by atoms with van der Waals surface area (Å²) in [6.45, 7) is 1.62. The zero-order chi connectivity index (χ0) is 19.5. The fourth-order valence-corrected chi connectivity index (χ4v) is 3.49. The Balaban J connectivity index is 1.53. The van der Waals surface area contributed by atoms with Gasteiger partial charge in [-0.1, -0.05) is 48.5 Å². The van der Waals surface area contributed by atoms with Crippen molar-refractivity contribution in [3.8, 4) is 5.75 Å². The lowest BCUT2D eigenvalue weighted by Crippen LogP contribution is -2.67. The third-order valence-electron chi connectivity index (χ3n) is 4.80. The predicted molar refractivity (Wildman–Crippen MR) is 99.4 cm³/mol. The molecule has 6 atom stereocenters. The van der Waals surface area contributed by atoms with Crippen molar-refractivity contribution in [1.29, 1.82) is 0 Å². The molecule has 28 heavy (non-hydrogen) atoms. The van der Waals surface area contributed by atoms with Crippen molar-refractivity contribution < 1.29 is 28.8 Å². The topological polar surface area (TPSA) is 86.3 Å². The van der Waals surface area contributed by atoms with Crippen molar-refractivity contribution in [3.63, 3.8) is 0 Å². The maximum atomic E-state index is 11.7. The van der Waals surface area contributed by atoms with Gasteiger partial charge in [-0.25, -0.2) is 0 Å². The number of carbonyl (C=O) groups excluding carboxylic acids is 1. The van der Waals surface area contributed by atoms with Crippen molar-refractivity contribution in [1.82, 2.24) is 5.32 Å². The van der Waals surface area contributed by atoms with Gasteiger partial charge in [0.05, 0.1) is 6.61 Å². The van der Waals surface area contributed by atoms with E-state index in [1.807, 2.05) is 48.5 Å². The van der Waals surface area contributed by atoms with Crippen molar-refractivity contribution in [2.75, 3.05) is 6.61 Å². The normalized spacial score (nSPS) is 32.2. The van der Waals surface area contributed by atoms with Crippen LogP contribution in [0.2, 0.25) is 0 Å². The second-order valence-corrected chi connectivity index (χ2v) is 6.87. The lowest BCUT2D eigenvalue weighted by molar-refractivity contribution is -0.333. The molecule has 7 nitrogen and oxygen atoms in total. The zero-order valence-electron chi connectivity index (χ0n) is 15.4. The number of hydrogen-bond acceptors (Lipinski definition) is 6. The van der Waals surface area contributed by atoms with Crippen LogP contribution >= 0.6 is 0 Å². The molecule has 0 aliphatic carbocycles. The molecule has 4 rings (SSSR count). The van der Waals surface area contributed by atoms with Crippen LogP contribution in [0.15, 0.2) is 60.7 Å². The van der Waals surface area contributed by atoms with Gasteiger partial charge in [0.1, 0.15) is 30.1 Å². The Hall–Kier alpha value is -2.45. The molecule has 0 bridgehead atoms. The minimum Gasteiger partial charge on any atom is -0.463 e. The van der Waals surface area contributed by atoms with E-state index in [2.05, 4.69) is 5.32 Å². The van der Waals surface area contributed by atoms with Gasteiger partial charge in [-0.2, -0.15) is 0 Å². The lowest BCUT2D eigenvalue weighted by Gasteiger charge is -2.47. The van der Waals surface area contributed by atoms with Gasteiger partial charge in [-0.3, -0.25) is 4.79 Å². The third-order valence-corrected chi connectivity index (χ3v) is 4.80. The van der Waals surface area contributed by atoms with Crippen LogP contribution in [0.3, 0.4) is 0 Å². The van der Waals surface area contributed by atoms with Gasteiger partial charge in [-0.05, 0) is 12.1 Å². The first kappa shape index (κ1) is 18.9. The molecule has 0 saturated carbocycles. The molecule has 2 aromatic rings. The largest absolute Gasteiger partial charge is 0.463 e. The standard InChI is InChI=1S/C21H23NO6/c1-13(23)22-17-18(24)19-16(27-21(17)26-15-10-6-3-7-11-15)12-25-20(28-19)14-8-4-2-5-9-14/h2-11,16-21,24H,12H2,1H3,(H,22,23)/t16-,17+,18+,19-,20+,21-/m1/s1. The molecular weight excluding hydrogens is 362 g/mol. The van der Waals surface area contributed by atoms with E-state index in [1.54, 1.807) is 12.1 Å². The average molecular weight is 385 g/mol. The Morgan fingerprint density at radius 3 is 2.43 bits per heavy atom. The van der Waals surface area contributed by atoms with Gasteiger partial charge in [0, 0.05) is 12.5 Å². The number of carbonyl (C=O) groups is 1. The van der Waals surface area contributed by atoms with E-state index in [0.717, 1.165) is 5.56 Å². The molecule has 1 amide bonds. The first-order valence-electron chi connectivity index (χ1n) is 9.26. The second-order valence-electron chi connectivity index (χ2n) is 6.87. The Labute approximate surface area is 163 Å². The minimum absolute atomic E-state index is 0.239. The number of amides is 1. The van der Waals surface area contributed by atoms with E-state index < -0.39 is 36.9 Å². The molecule has 0 unspecified atom stereocenters. The van der Waals surface area contributed by atoms with E-state index in [4.69, 9.17) is 18.9 Å². The fourth-order valence-electron chi connectivity index (χ4n) is 3.49. The third kappa shape index (κ3) is 4.02. The molecule has 2 aromatic carbocycles. The second kappa shape index (κ2) is 8.28. The minimum atomic E-state index is -1.02. The fraction of sp³-hybridized carbons (Fsp3) is 0.381. The molecule has 2 saturated heterocycles. The molecule has 7 heteroatoms. The highest BCUT2D eigenvalue weighted by molar-refractivity contribution is 5.73. The summed E-state index contributed by atoms with van der Waals surface area (Å²) in [6, 6.07) is 17.8. The monoisotopic (exact) mass is 385 g/mol. The van der Waals surface area contributed by atoms with Gasteiger partial charge >= 0.3 is 0 Å². The van der Waals surface area contributed by atoms with Gasteiger partial charge in [0.25, 0.3) is 0 Å². The number of aliphatic hydroxyl groups excluding tert-OH is 1. The number of fused-ring (bicyclic) bond motifs is 1. The summed E-state index contributed by atoms with van der Waals surface area (Å²) in [7, 11) is 0. The number of rotatable bonds is 4. The van der Waals surface area contributed by atoms with Crippen molar-refractivity contribution in [2.45, 2.75) is 43.9 Å². The summed E-state index contributed by atoms with van der Waals surface area (Å²) in [4.78, 5) is 11.7. The number of nitrogens with one attached hydrogen (secondary N) is 1. The van der Waals surface area contributed by atoms with Crippen LogP contribution in [-0.4, -0.2) is 48.3 Å². The molecule has 0 spiro atoms. The zero-order valence-corrected chi connectivity index (χ0v) is 15.4. The average Bonchev–Trinajstić information content (AvgIpc) is 2.72. The van der Waals surface area contributed by atoms with Crippen LogP contribution in [-0.2, 0) is 19.0 Å². The smallest absolute Gasteiger partial charge is 0.223 e. The summed E-state index contributed by atoms with van der Waals surface area (Å²) in [6.07, 6.45) is -3.68. The molecule has 0 aromatic heterocycles. The Bertz CT molecular complexity index is 786. The Morgan fingerprint density at radius 2 is 1.75 bits per heavy atom. The summed E-state index contributed by atoms with van der Waals surface area (Å²) in [5.74, 6) is 0.285. The molecule has 2 aliphatic heterocycles. The van der Waals surface area contributed by atoms with E-state index in [0.29, 0.717) is 5.75 Å². The van der Waals surface area contributed by atoms with Gasteiger partial charge < -0.3 is 29.4 Å². The number of aliphatic hydroxyl groups is 1. The first-order valence-corrected chi connectivity index (χ1v) is 9.26. The SMILES string of the molecule is CC(=O)N[C@@H]1[C@H](Oc2ccccc2)O[C@@H]2CO[C@H](c3ccccc3)O[C@H]2[C@H]1O. The summed E-state index contributed by atoms with van der Waals surface area (Å²) in [5, 5.41) is 13.7. The van der Waals surface area contributed by atoms with Crippen LogP contribution in [0.4, 0.5) is 0 Å². The van der Waals surface area contributed by atoms with Crippen molar-refractivity contribution in [2.24, 2.45) is 0 Å². The van der Waals surface area contributed by atoms with Gasteiger partial charge in [0.15, 0.2) is 6.29 Å². The molecule has 2 fully saturated rings.